The van der Waals surface area contributed by atoms with Crippen LogP contribution in [0.4, 0.5) is 11.6 Å². The SMILES string of the molecule is Cc1cccc(NC(=O)Cn2c(NCCO)nc3ccccc32)c1C. The first-order chi connectivity index (χ1) is 12.1. The van der Waals surface area contributed by atoms with Crippen molar-refractivity contribution < 1.29 is 9.90 Å². The smallest absolute Gasteiger partial charge is 0.244 e. The summed E-state index contributed by atoms with van der Waals surface area (Å²) in [5, 5.41) is 15.1. The van der Waals surface area contributed by atoms with Crippen LogP contribution in [-0.4, -0.2) is 33.7 Å². The molecule has 0 unspecified atom stereocenters. The van der Waals surface area contributed by atoms with Crippen LogP contribution in [0, 0.1) is 13.8 Å². The molecule has 0 spiro atoms. The Morgan fingerprint density at radius 2 is 1.96 bits per heavy atom. The van der Waals surface area contributed by atoms with Gasteiger partial charge in [-0.25, -0.2) is 4.98 Å². The molecule has 3 aromatic rings. The molecule has 1 aromatic heterocycles. The van der Waals surface area contributed by atoms with E-state index in [4.69, 9.17) is 5.11 Å². The van der Waals surface area contributed by atoms with E-state index in [9.17, 15) is 4.79 Å². The molecule has 0 atom stereocenters. The van der Waals surface area contributed by atoms with Gasteiger partial charge in [0.05, 0.1) is 17.6 Å². The number of rotatable bonds is 6. The zero-order chi connectivity index (χ0) is 17.8. The van der Waals surface area contributed by atoms with E-state index in [0.717, 1.165) is 27.8 Å². The number of aliphatic hydroxyl groups is 1. The zero-order valence-electron chi connectivity index (χ0n) is 14.4. The number of hydrogen-bond acceptors (Lipinski definition) is 4. The number of aromatic nitrogens is 2. The maximum absolute atomic E-state index is 12.6. The van der Waals surface area contributed by atoms with Gasteiger partial charge in [0.2, 0.25) is 11.9 Å². The highest BCUT2D eigenvalue weighted by atomic mass is 16.3. The van der Waals surface area contributed by atoms with E-state index >= 15 is 0 Å². The molecule has 6 heteroatoms. The molecule has 3 N–H and O–H groups in total. The summed E-state index contributed by atoms with van der Waals surface area (Å²) in [5.41, 5.74) is 4.70. The quantitative estimate of drug-likeness (QED) is 0.646. The average molecular weight is 338 g/mol. The molecule has 0 radical (unpaired) electrons. The summed E-state index contributed by atoms with van der Waals surface area (Å²) in [4.78, 5) is 17.1. The molecule has 1 heterocycles. The summed E-state index contributed by atoms with van der Waals surface area (Å²) in [6, 6.07) is 13.5. The number of imidazole rings is 1. The van der Waals surface area contributed by atoms with Crippen molar-refractivity contribution in [2.24, 2.45) is 0 Å². The Morgan fingerprint density at radius 3 is 2.76 bits per heavy atom. The number of nitrogens with zero attached hydrogens (tertiary/aromatic N) is 2. The van der Waals surface area contributed by atoms with E-state index in [-0.39, 0.29) is 19.1 Å². The second-order valence-electron chi connectivity index (χ2n) is 5.96. The van der Waals surface area contributed by atoms with Crippen molar-refractivity contribution in [3.63, 3.8) is 0 Å². The molecular weight excluding hydrogens is 316 g/mol. The van der Waals surface area contributed by atoms with Crippen LogP contribution in [0.1, 0.15) is 11.1 Å². The number of carbonyl (C=O) groups is 1. The molecule has 0 aliphatic heterocycles. The second kappa shape index (κ2) is 7.36. The van der Waals surface area contributed by atoms with Crippen LogP contribution < -0.4 is 10.6 Å². The van der Waals surface area contributed by atoms with Crippen molar-refractivity contribution in [1.82, 2.24) is 9.55 Å². The molecule has 130 valence electrons. The van der Waals surface area contributed by atoms with Gasteiger partial charge in [0, 0.05) is 12.2 Å². The first-order valence-electron chi connectivity index (χ1n) is 8.26. The lowest BCUT2D eigenvalue weighted by molar-refractivity contribution is -0.116. The summed E-state index contributed by atoms with van der Waals surface area (Å²) < 4.78 is 1.82. The molecule has 0 saturated heterocycles. The lowest BCUT2D eigenvalue weighted by Crippen LogP contribution is -2.21. The van der Waals surface area contributed by atoms with Gasteiger partial charge >= 0.3 is 0 Å². The minimum Gasteiger partial charge on any atom is -0.395 e. The largest absolute Gasteiger partial charge is 0.395 e. The number of nitrogens with one attached hydrogen (secondary N) is 2. The number of carbonyl (C=O) groups excluding carboxylic acids is 1. The molecule has 0 aliphatic carbocycles. The van der Waals surface area contributed by atoms with Gasteiger partial charge in [-0.2, -0.15) is 0 Å². The van der Waals surface area contributed by atoms with Crippen molar-refractivity contribution in [3.8, 4) is 0 Å². The number of amides is 1. The van der Waals surface area contributed by atoms with Gasteiger partial charge in [-0.3, -0.25) is 4.79 Å². The zero-order valence-corrected chi connectivity index (χ0v) is 14.4. The van der Waals surface area contributed by atoms with Crippen LogP contribution in [0.2, 0.25) is 0 Å². The number of aryl methyl sites for hydroxylation is 1. The third-order valence-corrected chi connectivity index (χ3v) is 4.23. The van der Waals surface area contributed by atoms with Crippen molar-refractivity contribution in [2.75, 3.05) is 23.8 Å². The number of anilines is 2. The van der Waals surface area contributed by atoms with Gasteiger partial charge in [0.1, 0.15) is 6.54 Å². The van der Waals surface area contributed by atoms with Crippen molar-refractivity contribution in [3.05, 3.63) is 53.6 Å². The lowest BCUT2D eigenvalue weighted by Gasteiger charge is -2.13. The van der Waals surface area contributed by atoms with Gasteiger partial charge in [0.25, 0.3) is 0 Å². The standard InChI is InChI=1S/C19H22N4O2/c1-13-6-5-8-15(14(13)2)21-18(25)12-23-17-9-4-3-7-16(17)22-19(23)20-10-11-24/h3-9,24H,10-12H2,1-2H3,(H,20,22)(H,21,25). The Balaban J connectivity index is 1.86. The minimum atomic E-state index is -0.121. The minimum absolute atomic E-state index is 0.00209. The van der Waals surface area contributed by atoms with E-state index < -0.39 is 0 Å². The average Bonchev–Trinajstić information content (AvgIpc) is 2.95. The Hall–Kier alpha value is -2.86. The first kappa shape index (κ1) is 17.0. The molecule has 25 heavy (non-hydrogen) atoms. The number of para-hydroxylation sites is 2. The van der Waals surface area contributed by atoms with Crippen LogP contribution in [0.5, 0.6) is 0 Å². The van der Waals surface area contributed by atoms with Crippen molar-refractivity contribution in [2.45, 2.75) is 20.4 Å². The highest BCUT2D eigenvalue weighted by Gasteiger charge is 2.14. The number of fused-ring (bicyclic) bond motifs is 1. The monoisotopic (exact) mass is 338 g/mol. The highest BCUT2D eigenvalue weighted by Crippen LogP contribution is 2.21. The van der Waals surface area contributed by atoms with E-state index in [1.54, 1.807) is 0 Å². The molecule has 0 saturated carbocycles. The predicted molar refractivity (Wildman–Crippen MR) is 99.9 cm³/mol. The van der Waals surface area contributed by atoms with Gasteiger partial charge < -0.3 is 20.3 Å². The highest BCUT2D eigenvalue weighted by molar-refractivity contribution is 5.93. The maximum atomic E-state index is 12.6. The van der Waals surface area contributed by atoms with Crippen LogP contribution in [-0.2, 0) is 11.3 Å². The molecule has 0 fully saturated rings. The van der Waals surface area contributed by atoms with Crippen LogP contribution in [0.25, 0.3) is 11.0 Å². The van der Waals surface area contributed by atoms with E-state index in [2.05, 4.69) is 15.6 Å². The number of hydrogen-bond donors (Lipinski definition) is 3. The Bertz CT molecular complexity index is 902. The summed E-state index contributed by atoms with van der Waals surface area (Å²) in [6.07, 6.45) is 0. The van der Waals surface area contributed by atoms with E-state index in [1.165, 1.54) is 0 Å². The molecule has 2 aromatic carbocycles. The van der Waals surface area contributed by atoms with Gasteiger partial charge in [-0.15, -0.1) is 0 Å². The molecular formula is C19H22N4O2. The third kappa shape index (κ3) is 3.64. The summed E-state index contributed by atoms with van der Waals surface area (Å²) in [7, 11) is 0. The van der Waals surface area contributed by atoms with Crippen LogP contribution in [0.3, 0.4) is 0 Å². The Labute approximate surface area is 146 Å². The van der Waals surface area contributed by atoms with Gasteiger partial charge in [0.15, 0.2) is 0 Å². The number of aliphatic hydroxyl groups excluding tert-OH is 1. The summed E-state index contributed by atoms with van der Waals surface area (Å²) in [5.74, 6) is 0.454. The van der Waals surface area contributed by atoms with Gasteiger partial charge in [-0.05, 0) is 43.2 Å². The predicted octanol–water partition coefficient (Wildman–Crippen LogP) is 2.70. The lowest BCUT2D eigenvalue weighted by atomic mass is 10.1. The second-order valence-corrected chi connectivity index (χ2v) is 5.96. The van der Waals surface area contributed by atoms with Gasteiger partial charge in [-0.1, -0.05) is 24.3 Å². The molecule has 0 aliphatic rings. The fraction of sp³-hybridized carbons (Fsp3) is 0.263. The van der Waals surface area contributed by atoms with Crippen molar-refractivity contribution in [1.29, 1.82) is 0 Å². The first-order valence-corrected chi connectivity index (χ1v) is 8.26. The maximum Gasteiger partial charge on any atom is 0.244 e. The van der Waals surface area contributed by atoms with Crippen LogP contribution >= 0.6 is 0 Å². The third-order valence-electron chi connectivity index (χ3n) is 4.23. The van der Waals surface area contributed by atoms with Crippen molar-refractivity contribution >= 4 is 28.6 Å². The van der Waals surface area contributed by atoms with E-state index in [1.807, 2.05) is 60.9 Å². The van der Waals surface area contributed by atoms with E-state index in [0.29, 0.717) is 12.5 Å². The molecule has 1 amide bonds. The topological polar surface area (TPSA) is 79.2 Å². The Kier molecular flexibility index (Phi) is 5.00. The normalized spacial score (nSPS) is 10.8. The molecule has 6 nitrogen and oxygen atoms in total. The number of benzene rings is 2. The fourth-order valence-electron chi connectivity index (χ4n) is 2.76. The summed E-state index contributed by atoms with van der Waals surface area (Å²) in [6.45, 7) is 4.53. The Morgan fingerprint density at radius 1 is 1.16 bits per heavy atom. The van der Waals surface area contributed by atoms with Crippen LogP contribution in [0.15, 0.2) is 42.5 Å². The summed E-state index contributed by atoms with van der Waals surface area (Å²) >= 11 is 0. The fourth-order valence-corrected chi connectivity index (χ4v) is 2.76. The molecule has 3 rings (SSSR count). The molecule has 0 bridgehead atoms.